The Morgan fingerprint density at radius 3 is 2.82 bits per heavy atom. The molecule has 1 aliphatic rings. The third-order valence-corrected chi connectivity index (χ3v) is 4.61. The van der Waals surface area contributed by atoms with Crippen LogP contribution >= 0.6 is 12.4 Å². The van der Waals surface area contributed by atoms with E-state index in [0.29, 0.717) is 23.1 Å². The molecule has 2 aromatic heterocycles. The summed E-state index contributed by atoms with van der Waals surface area (Å²) >= 11 is 0. The van der Waals surface area contributed by atoms with E-state index < -0.39 is 0 Å². The molecule has 0 spiro atoms. The van der Waals surface area contributed by atoms with E-state index >= 15 is 0 Å². The number of H-pyrrole nitrogens is 1. The lowest BCUT2D eigenvalue weighted by Crippen LogP contribution is -2.32. The van der Waals surface area contributed by atoms with Gasteiger partial charge >= 0.3 is 0 Å². The number of benzene rings is 1. The van der Waals surface area contributed by atoms with E-state index in [1.54, 1.807) is 10.9 Å². The summed E-state index contributed by atoms with van der Waals surface area (Å²) in [6.07, 6.45) is 4.05. The number of aryl methyl sites for hydroxylation is 1. The molecule has 1 amide bonds. The van der Waals surface area contributed by atoms with Gasteiger partial charge < -0.3 is 10.6 Å². The van der Waals surface area contributed by atoms with Gasteiger partial charge in [0.2, 0.25) is 0 Å². The van der Waals surface area contributed by atoms with Gasteiger partial charge in [-0.3, -0.25) is 14.6 Å². The van der Waals surface area contributed by atoms with Crippen molar-refractivity contribution in [2.75, 3.05) is 18.4 Å². The molecule has 1 atom stereocenters. The van der Waals surface area contributed by atoms with E-state index in [1.807, 2.05) is 31.2 Å². The predicted molar refractivity (Wildman–Crippen MR) is 107 cm³/mol. The van der Waals surface area contributed by atoms with Crippen LogP contribution in [-0.2, 0) is 6.54 Å². The zero-order valence-corrected chi connectivity index (χ0v) is 16.4. The smallest absolute Gasteiger partial charge is 0.277 e. The molecule has 1 aromatic carbocycles. The van der Waals surface area contributed by atoms with Gasteiger partial charge in [0.1, 0.15) is 5.82 Å². The molecule has 1 fully saturated rings. The van der Waals surface area contributed by atoms with Crippen molar-refractivity contribution in [2.24, 2.45) is 5.92 Å². The third kappa shape index (κ3) is 4.73. The molecule has 28 heavy (non-hydrogen) atoms. The number of carbonyl (C=O) groups excluding carboxylic acids is 1. The van der Waals surface area contributed by atoms with E-state index in [1.165, 1.54) is 12.8 Å². The average Bonchev–Trinajstić information content (AvgIpc) is 3.32. The minimum atomic E-state index is -0.274. The van der Waals surface area contributed by atoms with Gasteiger partial charge in [0.05, 0.1) is 6.20 Å². The second kappa shape index (κ2) is 8.94. The minimum absolute atomic E-state index is 0. The summed E-state index contributed by atoms with van der Waals surface area (Å²) in [7, 11) is 0. The van der Waals surface area contributed by atoms with Crippen LogP contribution in [0.25, 0.3) is 11.4 Å². The van der Waals surface area contributed by atoms with Crippen molar-refractivity contribution in [3.05, 3.63) is 42.0 Å². The lowest BCUT2D eigenvalue weighted by atomic mass is 10.00. The second-order valence-electron chi connectivity index (χ2n) is 6.81. The van der Waals surface area contributed by atoms with Crippen molar-refractivity contribution in [1.82, 2.24) is 35.5 Å². The molecular formula is C18H23ClN8O. The number of nitrogens with zero attached hydrogens (tertiary/aromatic N) is 5. The zero-order chi connectivity index (χ0) is 18.6. The second-order valence-corrected chi connectivity index (χ2v) is 6.81. The first-order chi connectivity index (χ1) is 13.2. The number of aromatic nitrogens is 6. The van der Waals surface area contributed by atoms with Gasteiger partial charge in [-0.25, -0.2) is 4.98 Å². The zero-order valence-electron chi connectivity index (χ0n) is 15.6. The molecule has 10 heteroatoms. The Morgan fingerprint density at radius 1 is 1.32 bits per heavy atom. The number of rotatable bonds is 5. The topological polar surface area (TPSA) is 113 Å². The summed E-state index contributed by atoms with van der Waals surface area (Å²) in [5.74, 6) is 1.65. The van der Waals surface area contributed by atoms with Gasteiger partial charge in [-0.15, -0.1) is 17.5 Å². The van der Waals surface area contributed by atoms with Crippen LogP contribution in [0.1, 0.15) is 29.2 Å². The van der Waals surface area contributed by atoms with Gasteiger partial charge in [-0.05, 0) is 63.0 Å². The molecule has 3 heterocycles. The van der Waals surface area contributed by atoms with E-state index in [9.17, 15) is 4.79 Å². The van der Waals surface area contributed by atoms with Crippen LogP contribution in [0.3, 0.4) is 0 Å². The monoisotopic (exact) mass is 402 g/mol. The molecule has 0 radical (unpaired) electrons. The summed E-state index contributed by atoms with van der Waals surface area (Å²) in [4.78, 5) is 16.7. The van der Waals surface area contributed by atoms with Gasteiger partial charge in [0.25, 0.3) is 5.91 Å². The highest BCUT2D eigenvalue weighted by Crippen LogP contribution is 2.18. The number of carbonyl (C=O) groups is 1. The van der Waals surface area contributed by atoms with Gasteiger partial charge in [0.15, 0.2) is 11.5 Å². The molecule has 0 aliphatic carbocycles. The van der Waals surface area contributed by atoms with Crippen molar-refractivity contribution in [3.63, 3.8) is 0 Å². The molecule has 9 nitrogen and oxygen atoms in total. The highest BCUT2D eigenvalue weighted by atomic mass is 35.5. The number of nitrogens with one attached hydrogen (secondary N) is 3. The van der Waals surface area contributed by atoms with Crippen LogP contribution in [0.15, 0.2) is 30.5 Å². The molecule has 1 saturated heterocycles. The molecule has 3 N–H and O–H groups in total. The van der Waals surface area contributed by atoms with Crippen molar-refractivity contribution in [3.8, 4) is 11.4 Å². The Bertz CT molecular complexity index is 914. The quantitative estimate of drug-likeness (QED) is 0.601. The van der Waals surface area contributed by atoms with E-state index in [2.05, 4.69) is 36.1 Å². The summed E-state index contributed by atoms with van der Waals surface area (Å²) in [6, 6.07) is 7.37. The van der Waals surface area contributed by atoms with Crippen LogP contribution in [-0.4, -0.2) is 49.2 Å². The van der Waals surface area contributed by atoms with Crippen molar-refractivity contribution < 1.29 is 4.79 Å². The predicted octanol–water partition coefficient (Wildman–Crippen LogP) is 2.05. The fourth-order valence-corrected chi connectivity index (χ4v) is 3.21. The van der Waals surface area contributed by atoms with Gasteiger partial charge in [-0.1, -0.05) is 5.21 Å². The lowest BCUT2D eigenvalue weighted by Gasteiger charge is -2.22. The molecule has 3 aromatic rings. The molecule has 0 saturated carbocycles. The number of anilines is 1. The Labute approximate surface area is 168 Å². The van der Waals surface area contributed by atoms with Crippen molar-refractivity contribution in [1.29, 1.82) is 0 Å². The maximum absolute atomic E-state index is 12.4. The molecule has 4 rings (SSSR count). The summed E-state index contributed by atoms with van der Waals surface area (Å²) in [5.41, 5.74) is 1.87. The number of amides is 1. The Kier molecular flexibility index (Phi) is 6.37. The molecular weight excluding hydrogens is 380 g/mol. The standard InChI is InChI=1S/C18H22N8O.ClH/c1-12-20-17(24-22-12)14-4-6-15(7-5-14)21-18(27)16-11-26(25-23-16)10-13-3-2-8-19-9-13;/h4-7,11,13,19H,2-3,8-10H2,1H3,(H,21,27)(H,20,22,24);1H. The van der Waals surface area contributed by atoms with Crippen LogP contribution in [0.2, 0.25) is 0 Å². The summed E-state index contributed by atoms with van der Waals surface area (Å²) in [6.45, 7) is 4.69. The van der Waals surface area contributed by atoms with Gasteiger partial charge in [-0.2, -0.15) is 5.10 Å². The third-order valence-electron chi connectivity index (χ3n) is 4.61. The largest absolute Gasteiger partial charge is 0.321 e. The Morgan fingerprint density at radius 2 is 2.14 bits per heavy atom. The maximum Gasteiger partial charge on any atom is 0.277 e. The van der Waals surface area contributed by atoms with Crippen LogP contribution < -0.4 is 10.6 Å². The molecule has 1 unspecified atom stereocenters. The Hall–Kier alpha value is -2.78. The molecule has 0 bridgehead atoms. The number of hydrogen-bond donors (Lipinski definition) is 3. The SMILES string of the molecule is Cc1nc(-c2ccc(NC(=O)c3cn(CC4CCCNC4)nn3)cc2)n[nH]1.Cl. The lowest BCUT2D eigenvalue weighted by molar-refractivity contribution is 0.102. The number of halogens is 1. The minimum Gasteiger partial charge on any atom is -0.321 e. The maximum atomic E-state index is 12.4. The highest BCUT2D eigenvalue weighted by molar-refractivity contribution is 6.02. The van der Waals surface area contributed by atoms with Crippen LogP contribution in [0, 0.1) is 12.8 Å². The fourth-order valence-electron chi connectivity index (χ4n) is 3.21. The number of piperidine rings is 1. The summed E-state index contributed by atoms with van der Waals surface area (Å²) in [5, 5.41) is 21.3. The first-order valence-electron chi connectivity index (χ1n) is 9.09. The number of hydrogen-bond acceptors (Lipinski definition) is 6. The Balaban J connectivity index is 0.00000225. The van der Waals surface area contributed by atoms with Crippen molar-refractivity contribution in [2.45, 2.75) is 26.3 Å². The fraction of sp³-hybridized carbons (Fsp3) is 0.389. The van der Waals surface area contributed by atoms with E-state index in [-0.39, 0.29) is 18.3 Å². The van der Waals surface area contributed by atoms with Crippen molar-refractivity contribution >= 4 is 24.0 Å². The van der Waals surface area contributed by atoms with Crippen LogP contribution in [0.5, 0.6) is 0 Å². The van der Waals surface area contributed by atoms with E-state index in [0.717, 1.165) is 31.0 Å². The molecule has 1 aliphatic heterocycles. The average molecular weight is 403 g/mol. The van der Waals surface area contributed by atoms with Gasteiger partial charge in [0, 0.05) is 17.8 Å². The highest BCUT2D eigenvalue weighted by Gasteiger charge is 2.16. The summed E-state index contributed by atoms with van der Waals surface area (Å²) < 4.78 is 1.75. The van der Waals surface area contributed by atoms with E-state index in [4.69, 9.17) is 0 Å². The molecule has 148 valence electrons. The first kappa shape index (κ1) is 20.0. The number of aromatic amines is 1. The normalized spacial score (nSPS) is 16.4. The first-order valence-corrected chi connectivity index (χ1v) is 9.09. The van der Waals surface area contributed by atoms with Crippen LogP contribution in [0.4, 0.5) is 5.69 Å².